The standard InChI is InChI=1S/C22H13FN4O2/c23-18-10-8-16(9-11-18)22-26-20(27-29-22)17-2-1-3-19(12-17)25-21(28)15-6-4-14(13-24)5-7-15/h1-12H,(H,25,28). The highest BCUT2D eigenvalue weighted by Crippen LogP contribution is 2.24. The van der Waals surface area contributed by atoms with Gasteiger partial charge in [-0.3, -0.25) is 4.79 Å². The number of hydrogen-bond donors (Lipinski definition) is 1. The summed E-state index contributed by atoms with van der Waals surface area (Å²) in [6, 6.07) is 21.1. The number of nitrogens with one attached hydrogen (secondary N) is 1. The maximum absolute atomic E-state index is 13.1. The van der Waals surface area contributed by atoms with Crippen LogP contribution in [0.25, 0.3) is 22.8 Å². The SMILES string of the molecule is N#Cc1ccc(C(=O)Nc2cccc(-c3noc(-c4ccc(F)cc4)n3)c2)cc1. The van der Waals surface area contributed by atoms with Gasteiger partial charge in [-0.1, -0.05) is 17.3 Å². The maximum Gasteiger partial charge on any atom is 0.258 e. The first-order valence-corrected chi connectivity index (χ1v) is 8.64. The molecule has 29 heavy (non-hydrogen) atoms. The van der Waals surface area contributed by atoms with E-state index >= 15 is 0 Å². The minimum absolute atomic E-state index is 0.270. The molecular weight excluding hydrogens is 371 g/mol. The molecule has 0 saturated carbocycles. The van der Waals surface area contributed by atoms with Crippen molar-refractivity contribution in [3.63, 3.8) is 0 Å². The van der Waals surface area contributed by atoms with E-state index in [4.69, 9.17) is 9.78 Å². The Balaban J connectivity index is 1.53. The molecule has 0 atom stereocenters. The number of anilines is 1. The highest BCUT2D eigenvalue weighted by molar-refractivity contribution is 6.04. The first kappa shape index (κ1) is 18.1. The Bertz CT molecular complexity index is 1210. The molecule has 3 aromatic carbocycles. The van der Waals surface area contributed by atoms with Crippen molar-refractivity contribution >= 4 is 11.6 Å². The van der Waals surface area contributed by atoms with E-state index in [0.717, 1.165) is 0 Å². The molecule has 7 heteroatoms. The second kappa shape index (κ2) is 7.74. The Morgan fingerprint density at radius 1 is 1.00 bits per heavy atom. The van der Waals surface area contributed by atoms with Gasteiger partial charge in [0.15, 0.2) is 0 Å². The van der Waals surface area contributed by atoms with Crippen molar-refractivity contribution in [3.8, 4) is 28.9 Å². The molecule has 0 saturated heterocycles. The predicted octanol–water partition coefficient (Wildman–Crippen LogP) is 4.67. The third kappa shape index (κ3) is 4.01. The lowest BCUT2D eigenvalue weighted by atomic mass is 10.1. The van der Waals surface area contributed by atoms with E-state index in [0.29, 0.717) is 33.8 Å². The number of nitrogens with zero attached hydrogens (tertiary/aromatic N) is 3. The van der Waals surface area contributed by atoms with Gasteiger partial charge in [0.05, 0.1) is 11.6 Å². The summed E-state index contributed by atoms with van der Waals surface area (Å²) in [4.78, 5) is 16.7. The summed E-state index contributed by atoms with van der Waals surface area (Å²) in [5.41, 5.74) is 2.74. The lowest BCUT2D eigenvalue weighted by Crippen LogP contribution is -2.11. The average Bonchev–Trinajstić information content (AvgIpc) is 3.25. The van der Waals surface area contributed by atoms with Crippen LogP contribution in [0.15, 0.2) is 77.3 Å². The van der Waals surface area contributed by atoms with Crippen molar-refractivity contribution in [1.29, 1.82) is 5.26 Å². The Morgan fingerprint density at radius 2 is 1.76 bits per heavy atom. The Hall–Kier alpha value is -4.31. The smallest absolute Gasteiger partial charge is 0.258 e. The van der Waals surface area contributed by atoms with E-state index in [9.17, 15) is 9.18 Å². The van der Waals surface area contributed by atoms with Crippen LogP contribution in [0.2, 0.25) is 0 Å². The first-order chi connectivity index (χ1) is 14.1. The molecule has 1 aromatic heterocycles. The Labute approximate surface area is 165 Å². The van der Waals surface area contributed by atoms with Crippen LogP contribution in [0.4, 0.5) is 10.1 Å². The average molecular weight is 384 g/mol. The fourth-order valence-electron chi connectivity index (χ4n) is 2.69. The van der Waals surface area contributed by atoms with Crippen LogP contribution in [-0.4, -0.2) is 16.0 Å². The number of hydrogen-bond acceptors (Lipinski definition) is 5. The minimum atomic E-state index is -0.348. The van der Waals surface area contributed by atoms with Gasteiger partial charge in [-0.2, -0.15) is 10.2 Å². The zero-order chi connectivity index (χ0) is 20.2. The van der Waals surface area contributed by atoms with Crippen molar-refractivity contribution < 1.29 is 13.7 Å². The molecule has 1 heterocycles. The molecule has 0 aliphatic carbocycles. The molecule has 1 N–H and O–H groups in total. The lowest BCUT2D eigenvalue weighted by Gasteiger charge is -2.06. The second-order valence-electron chi connectivity index (χ2n) is 6.15. The van der Waals surface area contributed by atoms with Gasteiger partial charge in [0.25, 0.3) is 11.8 Å². The highest BCUT2D eigenvalue weighted by Gasteiger charge is 2.12. The van der Waals surface area contributed by atoms with Crippen molar-refractivity contribution in [2.45, 2.75) is 0 Å². The van der Waals surface area contributed by atoms with Crippen LogP contribution < -0.4 is 5.32 Å². The minimum Gasteiger partial charge on any atom is -0.334 e. The molecule has 4 aromatic rings. The van der Waals surface area contributed by atoms with Gasteiger partial charge >= 0.3 is 0 Å². The number of amides is 1. The van der Waals surface area contributed by atoms with Gasteiger partial charge < -0.3 is 9.84 Å². The van der Waals surface area contributed by atoms with Crippen LogP contribution in [0, 0.1) is 17.1 Å². The third-order valence-corrected chi connectivity index (χ3v) is 4.17. The zero-order valence-corrected chi connectivity index (χ0v) is 15.0. The number of benzene rings is 3. The number of carbonyl (C=O) groups is 1. The normalized spacial score (nSPS) is 10.3. The largest absolute Gasteiger partial charge is 0.334 e. The molecule has 4 rings (SSSR count). The maximum atomic E-state index is 13.1. The molecule has 0 fully saturated rings. The predicted molar refractivity (Wildman–Crippen MR) is 104 cm³/mol. The topological polar surface area (TPSA) is 91.8 Å². The van der Waals surface area contributed by atoms with Gasteiger partial charge in [0.1, 0.15) is 5.82 Å². The van der Waals surface area contributed by atoms with E-state index in [2.05, 4.69) is 15.5 Å². The van der Waals surface area contributed by atoms with E-state index in [1.54, 1.807) is 60.7 Å². The Morgan fingerprint density at radius 3 is 2.48 bits per heavy atom. The van der Waals surface area contributed by atoms with Crippen molar-refractivity contribution in [2.75, 3.05) is 5.32 Å². The molecule has 0 aliphatic heterocycles. The summed E-state index contributed by atoms with van der Waals surface area (Å²) in [5, 5.41) is 15.6. The van der Waals surface area contributed by atoms with Gasteiger partial charge in [-0.15, -0.1) is 0 Å². The zero-order valence-electron chi connectivity index (χ0n) is 15.0. The number of halogens is 1. The molecular formula is C22H13FN4O2. The summed E-state index contributed by atoms with van der Waals surface area (Å²) in [7, 11) is 0. The summed E-state index contributed by atoms with van der Waals surface area (Å²) >= 11 is 0. The van der Waals surface area contributed by atoms with Gasteiger partial charge in [0, 0.05) is 22.4 Å². The molecule has 0 aliphatic rings. The van der Waals surface area contributed by atoms with E-state index in [1.807, 2.05) is 6.07 Å². The Kier molecular flexibility index (Phi) is 4.82. The number of nitriles is 1. The van der Waals surface area contributed by atoms with Crippen LogP contribution in [0.1, 0.15) is 15.9 Å². The second-order valence-corrected chi connectivity index (χ2v) is 6.15. The number of aromatic nitrogens is 2. The molecule has 0 radical (unpaired) electrons. The monoisotopic (exact) mass is 384 g/mol. The summed E-state index contributed by atoms with van der Waals surface area (Å²) in [6.07, 6.45) is 0. The fourth-order valence-corrected chi connectivity index (χ4v) is 2.69. The highest BCUT2D eigenvalue weighted by atomic mass is 19.1. The molecule has 0 unspecified atom stereocenters. The summed E-state index contributed by atoms with van der Waals surface area (Å²) in [6.45, 7) is 0. The lowest BCUT2D eigenvalue weighted by molar-refractivity contribution is 0.102. The van der Waals surface area contributed by atoms with Gasteiger partial charge in [-0.05, 0) is 60.7 Å². The molecule has 1 amide bonds. The van der Waals surface area contributed by atoms with Crippen molar-refractivity contribution in [2.24, 2.45) is 0 Å². The van der Waals surface area contributed by atoms with E-state index < -0.39 is 0 Å². The third-order valence-electron chi connectivity index (χ3n) is 4.17. The van der Waals surface area contributed by atoms with E-state index in [1.165, 1.54) is 12.1 Å². The number of carbonyl (C=O) groups excluding carboxylic acids is 1. The summed E-state index contributed by atoms with van der Waals surface area (Å²) < 4.78 is 18.3. The fraction of sp³-hybridized carbons (Fsp3) is 0. The number of rotatable bonds is 4. The van der Waals surface area contributed by atoms with Crippen molar-refractivity contribution in [3.05, 3.63) is 89.7 Å². The van der Waals surface area contributed by atoms with Crippen LogP contribution in [0.5, 0.6) is 0 Å². The van der Waals surface area contributed by atoms with Crippen molar-refractivity contribution in [1.82, 2.24) is 10.1 Å². The molecule has 140 valence electrons. The molecule has 0 spiro atoms. The first-order valence-electron chi connectivity index (χ1n) is 8.64. The van der Waals surface area contributed by atoms with Crippen LogP contribution >= 0.6 is 0 Å². The molecule has 0 bridgehead atoms. The van der Waals surface area contributed by atoms with E-state index in [-0.39, 0.29) is 17.6 Å². The van der Waals surface area contributed by atoms with Crippen LogP contribution in [-0.2, 0) is 0 Å². The van der Waals surface area contributed by atoms with Gasteiger partial charge in [-0.25, -0.2) is 4.39 Å². The quantitative estimate of drug-likeness (QED) is 0.552. The van der Waals surface area contributed by atoms with Gasteiger partial charge in [0.2, 0.25) is 5.82 Å². The summed E-state index contributed by atoms with van der Waals surface area (Å²) in [5.74, 6) is -0.0308. The molecule has 6 nitrogen and oxygen atoms in total. The van der Waals surface area contributed by atoms with Crippen LogP contribution in [0.3, 0.4) is 0 Å².